The van der Waals surface area contributed by atoms with Crippen LogP contribution in [0.3, 0.4) is 0 Å². The van der Waals surface area contributed by atoms with E-state index in [1.807, 2.05) is 24.3 Å². The normalized spacial score (nSPS) is 21.4. The third-order valence-electron chi connectivity index (χ3n) is 4.74. The molecule has 0 radical (unpaired) electrons. The second kappa shape index (κ2) is 7.66. The summed E-state index contributed by atoms with van der Waals surface area (Å²) in [5.41, 5.74) is 0.987. The second-order valence-electron chi connectivity index (χ2n) is 6.55. The molecule has 1 N–H and O–H groups in total. The van der Waals surface area contributed by atoms with E-state index in [1.54, 1.807) is 4.90 Å². The van der Waals surface area contributed by atoms with Gasteiger partial charge in [0, 0.05) is 26.1 Å². The van der Waals surface area contributed by atoms with Crippen LogP contribution in [0.5, 0.6) is 5.75 Å². The first-order chi connectivity index (χ1) is 11.6. The smallest absolute Gasteiger partial charge is 0.308 e. The Bertz CT molecular complexity index is 581. The molecule has 3 rings (SSSR count). The van der Waals surface area contributed by atoms with Crippen molar-refractivity contribution >= 4 is 11.9 Å². The van der Waals surface area contributed by atoms with Gasteiger partial charge in [0.1, 0.15) is 12.4 Å². The highest BCUT2D eigenvalue weighted by Gasteiger charge is 2.33. The number of hydrogen-bond donors (Lipinski definition) is 1. The number of hydrogen-bond acceptors (Lipinski definition) is 4. The van der Waals surface area contributed by atoms with E-state index in [0.717, 1.165) is 17.9 Å². The van der Waals surface area contributed by atoms with Crippen molar-refractivity contribution in [2.24, 2.45) is 5.92 Å². The number of carbonyl (C=O) groups is 2. The Kier molecular flexibility index (Phi) is 5.35. The van der Waals surface area contributed by atoms with Gasteiger partial charge in [-0.2, -0.15) is 0 Å². The summed E-state index contributed by atoms with van der Waals surface area (Å²) in [4.78, 5) is 26.9. The Morgan fingerprint density at radius 1 is 1.21 bits per heavy atom. The Labute approximate surface area is 142 Å². The number of rotatable bonds is 7. The zero-order valence-corrected chi connectivity index (χ0v) is 13.8. The molecule has 0 bridgehead atoms. The fourth-order valence-electron chi connectivity index (χ4n) is 3.30. The summed E-state index contributed by atoms with van der Waals surface area (Å²) in [6.45, 7) is 4.73. The van der Waals surface area contributed by atoms with E-state index in [2.05, 4.69) is 4.90 Å². The summed E-state index contributed by atoms with van der Waals surface area (Å²) in [5.74, 6) is -0.735. The van der Waals surface area contributed by atoms with Gasteiger partial charge >= 0.3 is 5.97 Å². The van der Waals surface area contributed by atoms with Gasteiger partial charge in [0.25, 0.3) is 0 Å². The molecular formula is C18H24N2O4. The largest absolute Gasteiger partial charge is 0.492 e. The van der Waals surface area contributed by atoms with E-state index in [4.69, 9.17) is 9.84 Å². The van der Waals surface area contributed by atoms with Crippen molar-refractivity contribution in [3.8, 4) is 5.75 Å². The molecule has 0 aromatic heterocycles. The third-order valence-corrected chi connectivity index (χ3v) is 4.74. The summed E-state index contributed by atoms with van der Waals surface area (Å²) in [5, 5.41) is 9.01. The summed E-state index contributed by atoms with van der Waals surface area (Å²) in [6.07, 6.45) is 2.67. The lowest BCUT2D eigenvalue weighted by molar-refractivity contribution is -0.141. The maximum Gasteiger partial charge on any atom is 0.308 e. The lowest BCUT2D eigenvalue weighted by Gasteiger charge is -2.17. The molecule has 1 aromatic carbocycles. The predicted octanol–water partition coefficient (Wildman–Crippen LogP) is 1.59. The molecule has 6 nitrogen and oxygen atoms in total. The highest BCUT2D eigenvalue weighted by atomic mass is 16.5. The van der Waals surface area contributed by atoms with Gasteiger partial charge in [-0.05, 0) is 43.6 Å². The van der Waals surface area contributed by atoms with Crippen LogP contribution in [0.1, 0.15) is 24.8 Å². The fraction of sp³-hybridized carbons (Fsp3) is 0.556. The van der Waals surface area contributed by atoms with Crippen LogP contribution in [-0.2, 0) is 16.1 Å². The number of aliphatic carboxylic acids is 1. The van der Waals surface area contributed by atoms with Gasteiger partial charge in [-0.25, -0.2) is 0 Å². The molecule has 2 aliphatic rings. The van der Waals surface area contributed by atoms with E-state index in [1.165, 1.54) is 25.9 Å². The average Bonchev–Trinajstić information content (AvgIpc) is 3.20. The van der Waals surface area contributed by atoms with Crippen LogP contribution in [0.4, 0.5) is 0 Å². The maximum absolute atomic E-state index is 11.9. The first-order valence-corrected chi connectivity index (χ1v) is 8.56. The molecule has 1 aromatic rings. The van der Waals surface area contributed by atoms with Gasteiger partial charge in [0.05, 0.1) is 5.92 Å². The molecular weight excluding hydrogens is 308 g/mol. The van der Waals surface area contributed by atoms with E-state index in [9.17, 15) is 9.59 Å². The van der Waals surface area contributed by atoms with Crippen LogP contribution in [0.15, 0.2) is 24.3 Å². The van der Waals surface area contributed by atoms with E-state index in [0.29, 0.717) is 19.7 Å². The molecule has 2 aliphatic heterocycles. The average molecular weight is 332 g/mol. The molecule has 2 fully saturated rings. The van der Waals surface area contributed by atoms with Crippen molar-refractivity contribution in [3.63, 3.8) is 0 Å². The lowest BCUT2D eigenvalue weighted by atomic mass is 10.1. The minimum Gasteiger partial charge on any atom is -0.492 e. The fourth-order valence-corrected chi connectivity index (χ4v) is 3.30. The van der Waals surface area contributed by atoms with Gasteiger partial charge in [-0.15, -0.1) is 0 Å². The number of nitrogens with zero attached hydrogens (tertiary/aromatic N) is 2. The number of amides is 1. The number of benzene rings is 1. The zero-order valence-electron chi connectivity index (χ0n) is 13.8. The zero-order chi connectivity index (χ0) is 16.9. The standard InChI is InChI=1S/C18H24N2O4/c21-17-11-15(18(22)23)13-20(17)12-14-3-5-16(6-4-14)24-10-9-19-7-1-2-8-19/h3-6,15H,1-2,7-13H2,(H,22,23). The summed E-state index contributed by atoms with van der Waals surface area (Å²) < 4.78 is 5.76. The van der Waals surface area contributed by atoms with E-state index >= 15 is 0 Å². The molecule has 0 spiro atoms. The molecule has 2 saturated heterocycles. The number of ether oxygens (including phenoxy) is 1. The third kappa shape index (κ3) is 4.26. The Morgan fingerprint density at radius 3 is 2.54 bits per heavy atom. The van der Waals surface area contributed by atoms with Crippen molar-refractivity contribution in [2.75, 3.05) is 32.8 Å². The molecule has 1 amide bonds. The maximum atomic E-state index is 11.9. The van der Waals surface area contributed by atoms with Crippen molar-refractivity contribution in [3.05, 3.63) is 29.8 Å². The molecule has 6 heteroatoms. The van der Waals surface area contributed by atoms with Crippen LogP contribution in [0.2, 0.25) is 0 Å². The lowest BCUT2D eigenvalue weighted by Crippen LogP contribution is -2.25. The first-order valence-electron chi connectivity index (χ1n) is 8.56. The molecule has 2 heterocycles. The van der Waals surface area contributed by atoms with Gasteiger partial charge in [-0.3, -0.25) is 14.5 Å². The van der Waals surface area contributed by atoms with Crippen molar-refractivity contribution < 1.29 is 19.4 Å². The topological polar surface area (TPSA) is 70.1 Å². The molecule has 24 heavy (non-hydrogen) atoms. The number of carboxylic acids is 1. The van der Waals surface area contributed by atoms with Crippen molar-refractivity contribution in [1.29, 1.82) is 0 Å². The highest BCUT2D eigenvalue weighted by molar-refractivity contribution is 5.86. The number of carbonyl (C=O) groups excluding carboxylic acids is 1. The predicted molar refractivity (Wildman–Crippen MR) is 88.8 cm³/mol. The molecule has 0 aliphatic carbocycles. The van der Waals surface area contributed by atoms with E-state index in [-0.39, 0.29) is 12.3 Å². The van der Waals surface area contributed by atoms with Gasteiger partial charge in [0.2, 0.25) is 5.91 Å². The summed E-state index contributed by atoms with van der Waals surface area (Å²) in [6, 6.07) is 7.70. The van der Waals surface area contributed by atoms with Gasteiger partial charge < -0.3 is 14.7 Å². The molecule has 1 unspecified atom stereocenters. The van der Waals surface area contributed by atoms with Crippen molar-refractivity contribution in [1.82, 2.24) is 9.80 Å². The minimum atomic E-state index is -0.896. The number of likely N-dealkylation sites (tertiary alicyclic amines) is 2. The van der Waals surface area contributed by atoms with Gasteiger partial charge in [0.15, 0.2) is 0 Å². The van der Waals surface area contributed by atoms with E-state index < -0.39 is 11.9 Å². The van der Waals surface area contributed by atoms with Crippen LogP contribution < -0.4 is 4.74 Å². The Morgan fingerprint density at radius 2 is 1.92 bits per heavy atom. The van der Waals surface area contributed by atoms with Crippen LogP contribution in [-0.4, -0.2) is 59.6 Å². The number of carboxylic acid groups (broad SMARTS) is 1. The second-order valence-corrected chi connectivity index (χ2v) is 6.55. The van der Waals surface area contributed by atoms with Crippen LogP contribution in [0.25, 0.3) is 0 Å². The quantitative estimate of drug-likeness (QED) is 0.821. The Balaban J connectivity index is 1.46. The Hall–Kier alpha value is -2.08. The SMILES string of the molecule is O=C(O)C1CC(=O)N(Cc2ccc(OCCN3CCCC3)cc2)C1. The molecule has 130 valence electrons. The van der Waals surface area contributed by atoms with Crippen LogP contribution >= 0.6 is 0 Å². The van der Waals surface area contributed by atoms with Gasteiger partial charge in [-0.1, -0.05) is 12.1 Å². The van der Waals surface area contributed by atoms with Crippen LogP contribution in [0, 0.1) is 5.92 Å². The summed E-state index contributed by atoms with van der Waals surface area (Å²) in [7, 11) is 0. The molecule has 0 saturated carbocycles. The first kappa shape index (κ1) is 16.8. The minimum absolute atomic E-state index is 0.0895. The monoisotopic (exact) mass is 332 g/mol. The van der Waals surface area contributed by atoms with Crippen molar-refractivity contribution in [2.45, 2.75) is 25.8 Å². The molecule has 1 atom stereocenters. The summed E-state index contributed by atoms with van der Waals surface area (Å²) >= 11 is 0. The highest BCUT2D eigenvalue weighted by Crippen LogP contribution is 2.21.